The minimum absolute atomic E-state index is 0.503. The van der Waals surface area contributed by atoms with Gasteiger partial charge >= 0.3 is 0 Å². The molecule has 0 amide bonds. The fourth-order valence-electron chi connectivity index (χ4n) is 4.27. The number of hydrogen-bond donors (Lipinski definition) is 1. The third kappa shape index (κ3) is 2.09. The molecule has 1 N–H and O–H groups in total. The van der Waals surface area contributed by atoms with Gasteiger partial charge in [0.1, 0.15) is 0 Å². The number of pyridine rings is 1. The number of fused-ring (bicyclic) bond motifs is 2. The van der Waals surface area contributed by atoms with Crippen LogP contribution in [-0.2, 0) is 6.42 Å². The van der Waals surface area contributed by atoms with Gasteiger partial charge in [0.2, 0.25) is 0 Å². The second-order valence-corrected chi connectivity index (χ2v) is 6.30. The molecule has 3 unspecified atom stereocenters. The predicted octanol–water partition coefficient (Wildman–Crippen LogP) is 2.29. The van der Waals surface area contributed by atoms with E-state index in [9.17, 15) is 0 Å². The van der Waals surface area contributed by atoms with Gasteiger partial charge in [-0.15, -0.1) is 0 Å². The van der Waals surface area contributed by atoms with Crippen molar-refractivity contribution in [3.05, 3.63) is 29.6 Å². The molecule has 1 aromatic heterocycles. The topological polar surface area (TPSA) is 28.2 Å². The second kappa shape index (κ2) is 4.88. The average molecular weight is 257 g/mol. The van der Waals surface area contributed by atoms with Crippen molar-refractivity contribution >= 4 is 0 Å². The number of piperidine rings is 1. The summed E-state index contributed by atoms with van der Waals surface area (Å²) in [5, 5.41) is 3.93. The van der Waals surface area contributed by atoms with Crippen LogP contribution in [0.25, 0.3) is 0 Å². The van der Waals surface area contributed by atoms with Gasteiger partial charge in [-0.1, -0.05) is 12.5 Å². The molecule has 2 saturated heterocycles. The van der Waals surface area contributed by atoms with Crippen LogP contribution < -0.4 is 5.32 Å². The maximum Gasteiger partial charge on any atom is 0.0605 e. The molecule has 3 aliphatic rings. The van der Waals surface area contributed by atoms with Crippen LogP contribution in [0.1, 0.15) is 49.4 Å². The van der Waals surface area contributed by atoms with Crippen LogP contribution in [0, 0.1) is 0 Å². The van der Waals surface area contributed by atoms with E-state index in [1.54, 1.807) is 0 Å². The summed E-state index contributed by atoms with van der Waals surface area (Å²) in [6.45, 7) is 2.62. The van der Waals surface area contributed by atoms with Crippen molar-refractivity contribution in [3.63, 3.8) is 0 Å². The van der Waals surface area contributed by atoms with Crippen molar-refractivity contribution in [1.29, 1.82) is 0 Å². The number of hydrogen-bond acceptors (Lipinski definition) is 3. The smallest absolute Gasteiger partial charge is 0.0605 e. The Bertz CT molecular complexity index is 459. The Balaban J connectivity index is 1.48. The van der Waals surface area contributed by atoms with Crippen molar-refractivity contribution in [2.45, 2.75) is 56.7 Å². The molecule has 1 aromatic rings. The van der Waals surface area contributed by atoms with E-state index < -0.39 is 0 Å². The summed E-state index contributed by atoms with van der Waals surface area (Å²) < 4.78 is 0. The first kappa shape index (κ1) is 11.9. The van der Waals surface area contributed by atoms with E-state index in [0.717, 1.165) is 6.04 Å². The zero-order valence-electron chi connectivity index (χ0n) is 11.5. The van der Waals surface area contributed by atoms with E-state index in [0.29, 0.717) is 12.1 Å². The summed E-state index contributed by atoms with van der Waals surface area (Å²) in [5.41, 5.74) is 2.77. The van der Waals surface area contributed by atoms with Crippen LogP contribution in [0.5, 0.6) is 0 Å². The van der Waals surface area contributed by atoms with Gasteiger partial charge in [-0.25, -0.2) is 0 Å². The number of aromatic nitrogens is 1. The Labute approximate surface area is 115 Å². The summed E-state index contributed by atoms with van der Waals surface area (Å²) in [5.74, 6) is 0. The molecule has 0 radical (unpaired) electrons. The van der Waals surface area contributed by atoms with Gasteiger partial charge in [0.05, 0.1) is 11.7 Å². The van der Waals surface area contributed by atoms with E-state index in [4.69, 9.17) is 0 Å². The van der Waals surface area contributed by atoms with E-state index >= 15 is 0 Å². The molecule has 19 heavy (non-hydrogen) atoms. The Hall–Kier alpha value is -0.930. The molecule has 3 heterocycles. The Morgan fingerprint density at radius 3 is 3.16 bits per heavy atom. The highest BCUT2D eigenvalue weighted by Crippen LogP contribution is 2.33. The molecule has 0 spiro atoms. The van der Waals surface area contributed by atoms with E-state index in [1.165, 1.54) is 62.9 Å². The maximum absolute atomic E-state index is 4.61. The summed E-state index contributed by atoms with van der Waals surface area (Å²) >= 11 is 0. The largest absolute Gasteiger partial charge is 0.304 e. The van der Waals surface area contributed by atoms with Crippen molar-refractivity contribution in [2.75, 3.05) is 13.1 Å². The molecule has 0 aromatic carbocycles. The van der Waals surface area contributed by atoms with Gasteiger partial charge in [-0.3, -0.25) is 9.88 Å². The van der Waals surface area contributed by atoms with E-state index in [2.05, 4.69) is 27.3 Å². The van der Waals surface area contributed by atoms with Crippen molar-refractivity contribution in [2.24, 2.45) is 0 Å². The molecular weight excluding hydrogens is 234 g/mol. The van der Waals surface area contributed by atoms with Crippen LogP contribution in [0.3, 0.4) is 0 Å². The normalized spacial score (nSPS) is 34.2. The van der Waals surface area contributed by atoms with Gasteiger partial charge < -0.3 is 5.32 Å². The van der Waals surface area contributed by atoms with Crippen molar-refractivity contribution in [3.8, 4) is 0 Å². The number of nitrogens with zero attached hydrogens (tertiary/aromatic N) is 2. The minimum Gasteiger partial charge on any atom is -0.304 e. The monoisotopic (exact) mass is 257 g/mol. The summed E-state index contributed by atoms with van der Waals surface area (Å²) in [7, 11) is 0. The van der Waals surface area contributed by atoms with Crippen LogP contribution >= 0.6 is 0 Å². The Morgan fingerprint density at radius 2 is 2.16 bits per heavy atom. The fourth-order valence-corrected chi connectivity index (χ4v) is 4.27. The first-order valence-electron chi connectivity index (χ1n) is 7.86. The SMILES string of the molecule is c1cnc2c(c1)CCC2NC1CCN2CCCCC12. The summed E-state index contributed by atoms with van der Waals surface area (Å²) in [4.78, 5) is 7.31. The third-order valence-electron chi connectivity index (χ3n) is 5.23. The van der Waals surface area contributed by atoms with E-state index in [-0.39, 0.29) is 0 Å². The highest BCUT2D eigenvalue weighted by molar-refractivity contribution is 5.28. The lowest BCUT2D eigenvalue weighted by Crippen LogP contribution is -2.45. The van der Waals surface area contributed by atoms with E-state index in [1.807, 2.05) is 6.20 Å². The molecular formula is C16H23N3. The molecule has 1 aliphatic carbocycles. The number of rotatable bonds is 2. The van der Waals surface area contributed by atoms with Crippen LogP contribution in [-0.4, -0.2) is 35.1 Å². The third-order valence-corrected chi connectivity index (χ3v) is 5.23. The quantitative estimate of drug-likeness (QED) is 0.881. The lowest BCUT2D eigenvalue weighted by Gasteiger charge is -2.33. The first-order valence-corrected chi connectivity index (χ1v) is 7.86. The number of aryl methyl sites for hydroxylation is 1. The maximum atomic E-state index is 4.61. The average Bonchev–Trinajstić information content (AvgIpc) is 3.05. The molecule has 0 bridgehead atoms. The fraction of sp³-hybridized carbons (Fsp3) is 0.688. The van der Waals surface area contributed by atoms with Gasteiger partial charge in [-0.05, 0) is 50.3 Å². The minimum atomic E-state index is 0.503. The molecule has 3 heteroatoms. The standard InChI is InChI=1S/C16H23N3/c1-2-10-19-11-8-13(15(19)5-1)18-14-7-6-12-4-3-9-17-16(12)14/h3-4,9,13-15,18H,1-2,5-8,10-11H2. The zero-order chi connectivity index (χ0) is 12.7. The van der Waals surface area contributed by atoms with Gasteiger partial charge in [0, 0.05) is 24.8 Å². The zero-order valence-corrected chi connectivity index (χ0v) is 11.5. The van der Waals surface area contributed by atoms with Crippen molar-refractivity contribution < 1.29 is 0 Å². The van der Waals surface area contributed by atoms with Gasteiger partial charge in [-0.2, -0.15) is 0 Å². The molecule has 3 nitrogen and oxygen atoms in total. The molecule has 4 rings (SSSR count). The van der Waals surface area contributed by atoms with Crippen molar-refractivity contribution in [1.82, 2.24) is 15.2 Å². The Morgan fingerprint density at radius 1 is 1.16 bits per heavy atom. The Kier molecular flexibility index (Phi) is 3.04. The molecule has 2 fully saturated rings. The molecule has 3 atom stereocenters. The molecule has 2 aliphatic heterocycles. The lowest BCUT2D eigenvalue weighted by molar-refractivity contribution is 0.176. The predicted molar refractivity (Wildman–Crippen MR) is 76.1 cm³/mol. The highest BCUT2D eigenvalue weighted by Gasteiger charge is 2.37. The van der Waals surface area contributed by atoms with Gasteiger partial charge in [0.25, 0.3) is 0 Å². The van der Waals surface area contributed by atoms with Crippen LogP contribution in [0.4, 0.5) is 0 Å². The molecule has 102 valence electrons. The number of nitrogens with one attached hydrogen (secondary N) is 1. The second-order valence-electron chi connectivity index (χ2n) is 6.30. The molecule has 0 saturated carbocycles. The lowest BCUT2D eigenvalue weighted by atomic mass is 9.98. The van der Waals surface area contributed by atoms with Gasteiger partial charge in [0.15, 0.2) is 0 Å². The summed E-state index contributed by atoms with van der Waals surface area (Å²) in [6.07, 6.45) is 9.90. The van der Waals surface area contributed by atoms with Crippen LogP contribution in [0.15, 0.2) is 18.3 Å². The highest BCUT2D eigenvalue weighted by atomic mass is 15.2. The summed E-state index contributed by atoms with van der Waals surface area (Å²) in [6, 6.07) is 6.30. The first-order chi connectivity index (χ1) is 9.42. The van der Waals surface area contributed by atoms with Crippen LogP contribution in [0.2, 0.25) is 0 Å².